The number of amides is 1. The first-order chi connectivity index (χ1) is 14.0. The number of aliphatic hydroxyl groups is 2. The van der Waals surface area contributed by atoms with Crippen molar-refractivity contribution in [2.45, 2.75) is 51.0 Å². The Bertz CT molecular complexity index is 788. The zero-order chi connectivity index (χ0) is 22.3. The van der Waals surface area contributed by atoms with E-state index in [1.54, 1.807) is 0 Å². The fraction of sp³-hybridized carbons (Fsp3) is 0.667. The molecule has 2 fully saturated rings. The van der Waals surface area contributed by atoms with Crippen LogP contribution in [0.25, 0.3) is 0 Å². The van der Waals surface area contributed by atoms with Crippen LogP contribution in [-0.2, 0) is 18.9 Å². The molecule has 3 heterocycles. The van der Waals surface area contributed by atoms with E-state index in [-0.39, 0.29) is 25.6 Å². The molecule has 11 nitrogen and oxygen atoms in total. The first-order valence-corrected chi connectivity index (χ1v) is 9.71. The second-order valence-corrected chi connectivity index (χ2v) is 8.43. The fourth-order valence-corrected chi connectivity index (χ4v) is 3.30. The molecule has 0 saturated carbocycles. The summed E-state index contributed by atoms with van der Waals surface area (Å²) in [5.74, 6) is -1.65. The molecular formula is C18H27BN4O7. The van der Waals surface area contributed by atoms with Crippen molar-refractivity contribution in [3.63, 3.8) is 0 Å². The predicted octanol–water partition coefficient (Wildman–Crippen LogP) is -1.77. The number of carbonyl (C=O) groups is 2. The first-order valence-electron chi connectivity index (χ1n) is 9.71. The van der Waals surface area contributed by atoms with Crippen molar-refractivity contribution in [1.82, 2.24) is 14.9 Å². The van der Waals surface area contributed by atoms with Crippen molar-refractivity contribution in [3.8, 4) is 0 Å². The molecule has 0 radical (unpaired) electrons. The summed E-state index contributed by atoms with van der Waals surface area (Å²) < 4.78 is 11.9. The Labute approximate surface area is 174 Å². The third-order valence-corrected chi connectivity index (χ3v) is 5.88. The van der Waals surface area contributed by atoms with E-state index in [0.717, 1.165) is 0 Å². The number of piperazine rings is 1. The highest BCUT2D eigenvalue weighted by atomic mass is 16.7. The maximum atomic E-state index is 12.1. The lowest BCUT2D eigenvalue weighted by molar-refractivity contribution is -0.146. The summed E-state index contributed by atoms with van der Waals surface area (Å²) in [6.45, 7) is 7.21. The quantitative estimate of drug-likeness (QED) is 0.466. The van der Waals surface area contributed by atoms with Gasteiger partial charge in [0.05, 0.1) is 24.4 Å². The van der Waals surface area contributed by atoms with Gasteiger partial charge in [0, 0.05) is 30.9 Å². The van der Waals surface area contributed by atoms with Crippen LogP contribution in [0.5, 0.6) is 0 Å². The van der Waals surface area contributed by atoms with Gasteiger partial charge in [0.2, 0.25) is 5.95 Å². The largest absolute Gasteiger partial charge is 0.498 e. The van der Waals surface area contributed by atoms with Gasteiger partial charge in [-0.15, -0.1) is 0 Å². The Morgan fingerprint density at radius 3 is 2.27 bits per heavy atom. The minimum atomic E-state index is -1.57. The van der Waals surface area contributed by atoms with Gasteiger partial charge in [0.25, 0.3) is 5.91 Å². The molecule has 3 N–H and O–H groups in total. The molecule has 2 unspecified atom stereocenters. The molecule has 164 valence electrons. The Hall–Kier alpha value is -2.28. The molecular weight excluding hydrogens is 395 g/mol. The summed E-state index contributed by atoms with van der Waals surface area (Å²) in [5, 5.41) is 28.1. The molecule has 2 saturated heterocycles. The van der Waals surface area contributed by atoms with Crippen molar-refractivity contribution in [3.05, 3.63) is 12.4 Å². The maximum absolute atomic E-state index is 12.1. The van der Waals surface area contributed by atoms with Gasteiger partial charge in [-0.2, -0.15) is 0 Å². The van der Waals surface area contributed by atoms with Crippen molar-refractivity contribution >= 4 is 30.4 Å². The van der Waals surface area contributed by atoms with E-state index >= 15 is 0 Å². The molecule has 0 spiro atoms. The van der Waals surface area contributed by atoms with Crippen molar-refractivity contribution in [2.24, 2.45) is 0 Å². The SMILES string of the molecule is CC1(C)OB(c2cnc(N3CCN(C(=O)C(O)CO)CC3C(=O)O)nc2)OC1(C)C. The van der Waals surface area contributed by atoms with E-state index in [9.17, 15) is 19.8 Å². The van der Waals surface area contributed by atoms with Crippen LogP contribution in [0.15, 0.2) is 12.4 Å². The summed E-state index contributed by atoms with van der Waals surface area (Å²) in [7, 11) is -0.631. The average molecular weight is 422 g/mol. The lowest BCUT2D eigenvalue weighted by Gasteiger charge is -2.39. The third-order valence-electron chi connectivity index (χ3n) is 5.88. The number of nitrogens with zero attached hydrogens (tertiary/aromatic N) is 4. The molecule has 2 aliphatic rings. The van der Waals surface area contributed by atoms with Crippen LogP contribution in [0.1, 0.15) is 27.7 Å². The number of carboxylic acid groups (broad SMARTS) is 1. The van der Waals surface area contributed by atoms with E-state index < -0.39 is 48.9 Å². The van der Waals surface area contributed by atoms with Gasteiger partial charge >= 0.3 is 13.1 Å². The predicted molar refractivity (Wildman–Crippen MR) is 106 cm³/mol. The summed E-state index contributed by atoms with van der Waals surface area (Å²) in [5.41, 5.74) is -0.399. The van der Waals surface area contributed by atoms with Crippen molar-refractivity contribution < 1.29 is 34.2 Å². The van der Waals surface area contributed by atoms with Gasteiger partial charge in [-0.25, -0.2) is 14.8 Å². The molecule has 2 aliphatic heterocycles. The molecule has 1 aromatic heterocycles. The average Bonchev–Trinajstić information content (AvgIpc) is 2.93. The number of aliphatic carboxylic acids is 1. The lowest BCUT2D eigenvalue weighted by Crippen LogP contribution is -2.60. The van der Waals surface area contributed by atoms with E-state index in [1.165, 1.54) is 22.2 Å². The Kier molecular flexibility index (Phi) is 6.05. The number of anilines is 1. The van der Waals surface area contributed by atoms with Gasteiger partial charge in [-0.05, 0) is 27.7 Å². The molecule has 30 heavy (non-hydrogen) atoms. The van der Waals surface area contributed by atoms with Crippen LogP contribution in [0.3, 0.4) is 0 Å². The fourth-order valence-electron chi connectivity index (χ4n) is 3.30. The van der Waals surface area contributed by atoms with Crippen LogP contribution in [0.2, 0.25) is 0 Å². The number of aliphatic hydroxyl groups excluding tert-OH is 2. The molecule has 0 aliphatic carbocycles. The molecule has 0 aromatic carbocycles. The Morgan fingerprint density at radius 2 is 1.77 bits per heavy atom. The number of aromatic nitrogens is 2. The van der Waals surface area contributed by atoms with Crippen LogP contribution >= 0.6 is 0 Å². The number of carbonyl (C=O) groups excluding carboxylic acids is 1. The number of hydrogen-bond donors (Lipinski definition) is 3. The summed E-state index contributed by atoms with van der Waals surface area (Å²) >= 11 is 0. The molecule has 2 atom stereocenters. The van der Waals surface area contributed by atoms with Crippen LogP contribution < -0.4 is 10.4 Å². The van der Waals surface area contributed by atoms with Gasteiger partial charge in [-0.1, -0.05) is 0 Å². The summed E-state index contributed by atoms with van der Waals surface area (Å²) in [4.78, 5) is 35.2. The highest BCUT2D eigenvalue weighted by Gasteiger charge is 2.52. The van der Waals surface area contributed by atoms with Crippen molar-refractivity contribution in [1.29, 1.82) is 0 Å². The first kappa shape index (κ1) is 22.4. The third kappa shape index (κ3) is 4.13. The molecule has 1 amide bonds. The minimum Gasteiger partial charge on any atom is -0.480 e. The maximum Gasteiger partial charge on any atom is 0.498 e. The second kappa shape index (κ2) is 8.10. The minimum absolute atomic E-state index is 0.159. The molecule has 0 bridgehead atoms. The normalized spacial score (nSPS) is 24.1. The van der Waals surface area contributed by atoms with Crippen molar-refractivity contribution in [2.75, 3.05) is 31.1 Å². The number of rotatable bonds is 5. The zero-order valence-electron chi connectivity index (χ0n) is 17.5. The summed E-state index contributed by atoms with van der Waals surface area (Å²) in [6.07, 6.45) is 1.51. The standard InChI is InChI=1S/C18H27BN4O7/c1-17(2)18(3,4)30-19(29-17)11-7-20-16(21-8-11)23-6-5-22(9-12(23)15(27)28)14(26)13(25)10-24/h7-8,12-13,24-25H,5-6,9-10H2,1-4H3,(H,27,28). The van der Waals surface area contributed by atoms with Gasteiger partial charge < -0.3 is 34.4 Å². The second-order valence-electron chi connectivity index (χ2n) is 8.43. The molecule has 1 aromatic rings. The van der Waals surface area contributed by atoms with E-state index in [4.69, 9.17) is 14.4 Å². The lowest BCUT2D eigenvalue weighted by atomic mass is 9.81. The van der Waals surface area contributed by atoms with Crippen LogP contribution in [-0.4, -0.2) is 98.8 Å². The van der Waals surface area contributed by atoms with E-state index in [1.807, 2.05) is 27.7 Å². The zero-order valence-corrected chi connectivity index (χ0v) is 17.5. The monoisotopic (exact) mass is 422 g/mol. The van der Waals surface area contributed by atoms with Crippen LogP contribution in [0.4, 0.5) is 5.95 Å². The van der Waals surface area contributed by atoms with E-state index in [0.29, 0.717) is 5.46 Å². The number of hydrogen-bond acceptors (Lipinski definition) is 9. The van der Waals surface area contributed by atoms with Crippen LogP contribution in [0, 0.1) is 0 Å². The Balaban J connectivity index is 1.74. The smallest absolute Gasteiger partial charge is 0.480 e. The highest BCUT2D eigenvalue weighted by Crippen LogP contribution is 2.36. The molecule has 3 rings (SSSR count). The van der Waals surface area contributed by atoms with E-state index in [2.05, 4.69) is 9.97 Å². The van der Waals surface area contributed by atoms with Gasteiger partial charge in [0.15, 0.2) is 6.10 Å². The van der Waals surface area contributed by atoms with Gasteiger partial charge in [-0.3, -0.25) is 4.79 Å². The molecule has 12 heteroatoms. The highest BCUT2D eigenvalue weighted by molar-refractivity contribution is 6.61. The number of carboxylic acids is 1. The van der Waals surface area contributed by atoms with Gasteiger partial charge in [0.1, 0.15) is 6.04 Å². The Morgan fingerprint density at radius 1 is 1.20 bits per heavy atom. The summed E-state index contributed by atoms with van der Waals surface area (Å²) in [6, 6.07) is -1.09. The topological polar surface area (TPSA) is 146 Å².